The number of carbonyl (C=O) groups excluding carboxylic acids is 1. The molecule has 0 N–H and O–H groups in total. The van der Waals surface area contributed by atoms with Crippen LogP contribution in [0.15, 0.2) is 42.5 Å². The lowest BCUT2D eigenvalue weighted by Gasteiger charge is -2.14. The van der Waals surface area contributed by atoms with E-state index in [0.29, 0.717) is 23.5 Å². The summed E-state index contributed by atoms with van der Waals surface area (Å²) in [4.78, 5) is 18.8. The quantitative estimate of drug-likeness (QED) is 0.584. The first-order chi connectivity index (χ1) is 15.1. The van der Waals surface area contributed by atoms with Gasteiger partial charge in [-0.1, -0.05) is 18.2 Å². The second-order valence-electron chi connectivity index (χ2n) is 8.49. The Labute approximate surface area is 184 Å². The second-order valence-corrected chi connectivity index (χ2v) is 8.49. The molecule has 4 rings (SSSR count). The van der Waals surface area contributed by atoms with E-state index in [-0.39, 0.29) is 18.2 Å². The minimum atomic E-state index is -4.39. The number of nitrogens with zero attached hydrogens (tertiary/aromatic N) is 4. The van der Waals surface area contributed by atoms with Crippen molar-refractivity contribution in [3.8, 4) is 5.82 Å². The van der Waals surface area contributed by atoms with Gasteiger partial charge in [0.2, 0.25) is 5.91 Å². The molecule has 5 nitrogen and oxygen atoms in total. The van der Waals surface area contributed by atoms with Gasteiger partial charge in [-0.2, -0.15) is 18.3 Å². The Hall–Kier alpha value is -3.16. The molecule has 1 aromatic carbocycles. The fraction of sp³-hybridized carbons (Fsp3) is 0.375. The summed E-state index contributed by atoms with van der Waals surface area (Å²) in [5.41, 5.74) is 3.18. The van der Waals surface area contributed by atoms with Crippen molar-refractivity contribution in [2.45, 2.75) is 39.3 Å². The van der Waals surface area contributed by atoms with Gasteiger partial charge in [-0.3, -0.25) is 4.79 Å². The molecule has 2 aromatic heterocycles. The molecule has 1 aliphatic heterocycles. The lowest BCUT2D eigenvalue weighted by molar-refractivity contribution is -0.137. The highest BCUT2D eigenvalue weighted by molar-refractivity contribution is 5.80. The maximum Gasteiger partial charge on any atom is 0.416 e. The zero-order valence-corrected chi connectivity index (χ0v) is 18.3. The first kappa shape index (κ1) is 22.0. The summed E-state index contributed by atoms with van der Waals surface area (Å²) in [6, 6.07) is 11.1. The highest BCUT2D eigenvalue weighted by atomic mass is 19.4. The number of alkyl halides is 3. The van der Waals surface area contributed by atoms with Gasteiger partial charge in [-0.05, 0) is 62.1 Å². The Morgan fingerprint density at radius 2 is 1.88 bits per heavy atom. The molecule has 1 aliphatic rings. The first-order valence-corrected chi connectivity index (χ1v) is 10.5. The highest BCUT2D eigenvalue weighted by Crippen LogP contribution is 2.30. The van der Waals surface area contributed by atoms with E-state index >= 15 is 0 Å². The average Bonchev–Trinajstić information content (AvgIpc) is 3.22. The van der Waals surface area contributed by atoms with Crippen LogP contribution in [0.2, 0.25) is 0 Å². The van der Waals surface area contributed by atoms with E-state index in [4.69, 9.17) is 4.98 Å². The predicted octanol–water partition coefficient (Wildman–Crippen LogP) is 4.51. The average molecular weight is 442 g/mol. The van der Waals surface area contributed by atoms with E-state index < -0.39 is 11.7 Å². The van der Waals surface area contributed by atoms with Gasteiger partial charge >= 0.3 is 6.18 Å². The molecular weight excluding hydrogens is 417 g/mol. The summed E-state index contributed by atoms with van der Waals surface area (Å²) in [7, 11) is 1.80. The van der Waals surface area contributed by atoms with Gasteiger partial charge in [-0.25, -0.2) is 9.67 Å². The van der Waals surface area contributed by atoms with Crippen molar-refractivity contribution < 1.29 is 18.0 Å². The third-order valence-corrected chi connectivity index (χ3v) is 5.81. The van der Waals surface area contributed by atoms with Crippen molar-refractivity contribution in [3.63, 3.8) is 0 Å². The van der Waals surface area contributed by atoms with Gasteiger partial charge in [0.15, 0.2) is 5.82 Å². The van der Waals surface area contributed by atoms with Gasteiger partial charge in [0, 0.05) is 37.3 Å². The lowest BCUT2D eigenvalue weighted by Crippen LogP contribution is -2.23. The summed E-state index contributed by atoms with van der Waals surface area (Å²) < 4.78 is 41.1. The molecule has 3 aromatic rings. The van der Waals surface area contributed by atoms with Crippen molar-refractivity contribution in [1.82, 2.24) is 19.7 Å². The molecule has 8 heteroatoms. The van der Waals surface area contributed by atoms with Crippen molar-refractivity contribution >= 4 is 5.91 Å². The molecule has 0 saturated carbocycles. The number of aryl methyl sites for hydroxylation is 2. The molecule has 0 radical (unpaired) electrons. The van der Waals surface area contributed by atoms with Crippen LogP contribution in [0, 0.1) is 19.8 Å². The molecule has 0 spiro atoms. The predicted molar refractivity (Wildman–Crippen MR) is 115 cm³/mol. The van der Waals surface area contributed by atoms with E-state index in [1.165, 1.54) is 6.07 Å². The Morgan fingerprint density at radius 3 is 2.50 bits per heavy atom. The summed E-state index contributed by atoms with van der Waals surface area (Å²) in [5.74, 6) is 0.625. The molecular formula is C24H25F3N4O. The molecule has 0 bridgehead atoms. The minimum Gasteiger partial charge on any atom is -0.345 e. The normalized spacial score (nSPS) is 16.8. The maximum atomic E-state index is 13.1. The zero-order chi connectivity index (χ0) is 23.0. The van der Waals surface area contributed by atoms with Crippen molar-refractivity contribution in [1.29, 1.82) is 0 Å². The molecule has 0 aliphatic carbocycles. The van der Waals surface area contributed by atoms with Crippen molar-refractivity contribution in [2.24, 2.45) is 5.92 Å². The van der Waals surface area contributed by atoms with Crippen LogP contribution in [-0.4, -0.2) is 39.2 Å². The van der Waals surface area contributed by atoms with Crippen LogP contribution in [0.25, 0.3) is 5.82 Å². The number of halogens is 3. The number of pyridine rings is 1. The van der Waals surface area contributed by atoms with Crippen molar-refractivity contribution in [2.75, 3.05) is 13.6 Å². The highest BCUT2D eigenvalue weighted by Gasteiger charge is 2.31. The third kappa shape index (κ3) is 4.69. The van der Waals surface area contributed by atoms with Crippen LogP contribution in [0.5, 0.6) is 0 Å². The lowest BCUT2D eigenvalue weighted by atomic mass is 9.97. The second kappa shape index (κ2) is 8.41. The number of aromatic nitrogens is 3. The summed E-state index contributed by atoms with van der Waals surface area (Å²) in [6.45, 7) is 4.55. The molecule has 1 amide bonds. The number of hydrogen-bond donors (Lipinski definition) is 0. The maximum absolute atomic E-state index is 13.1. The Bertz CT molecular complexity index is 1150. The van der Waals surface area contributed by atoms with E-state index in [9.17, 15) is 18.0 Å². The van der Waals surface area contributed by atoms with Crippen LogP contribution < -0.4 is 0 Å². The Kier molecular flexibility index (Phi) is 5.79. The number of hydrogen-bond acceptors (Lipinski definition) is 3. The first-order valence-electron chi connectivity index (χ1n) is 10.5. The fourth-order valence-corrected chi connectivity index (χ4v) is 4.25. The number of likely N-dealkylation sites (tertiary alicyclic amines) is 1. The molecule has 1 fully saturated rings. The third-order valence-electron chi connectivity index (χ3n) is 5.81. The van der Waals surface area contributed by atoms with Crippen LogP contribution in [0.4, 0.5) is 13.2 Å². The number of rotatable bonds is 5. The SMILES string of the molecule is Cc1cc(C)n(-c2cc(CC3CCN(C)C3=O)cc(Cc3cccc(C(F)(F)F)c3)n2)n1. The van der Waals surface area contributed by atoms with Gasteiger partial charge in [0.25, 0.3) is 0 Å². The zero-order valence-electron chi connectivity index (χ0n) is 18.3. The summed E-state index contributed by atoms with van der Waals surface area (Å²) in [6.07, 6.45) is -2.79. The van der Waals surface area contributed by atoms with Crippen molar-refractivity contribution in [3.05, 3.63) is 76.2 Å². The molecule has 3 heterocycles. The van der Waals surface area contributed by atoms with E-state index in [2.05, 4.69) is 5.10 Å². The van der Waals surface area contributed by atoms with E-state index in [1.54, 1.807) is 22.7 Å². The summed E-state index contributed by atoms with van der Waals surface area (Å²) >= 11 is 0. The van der Waals surface area contributed by atoms with Crippen LogP contribution in [0.1, 0.15) is 40.2 Å². The molecule has 1 saturated heterocycles. The summed E-state index contributed by atoms with van der Waals surface area (Å²) in [5, 5.41) is 4.51. The molecule has 1 unspecified atom stereocenters. The van der Waals surface area contributed by atoms with Crippen LogP contribution >= 0.6 is 0 Å². The van der Waals surface area contributed by atoms with Crippen LogP contribution in [-0.2, 0) is 23.8 Å². The van der Waals surface area contributed by atoms with E-state index in [0.717, 1.165) is 42.0 Å². The smallest absolute Gasteiger partial charge is 0.345 e. The topological polar surface area (TPSA) is 51.0 Å². The van der Waals surface area contributed by atoms with Gasteiger partial charge in [0.05, 0.1) is 11.3 Å². The Balaban J connectivity index is 1.70. The minimum absolute atomic E-state index is 0.0999. The largest absolute Gasteiger partial charge is 0.416 e. The standard InChI is InChI=1S/C24H25F3N4O/c1-15-9-16(2)31(29-15)22-14-18(10-19-7-8-30(3)23(19)32)13-21(28-22)12-17-5-4-6-20(11-17)24(25,26)27/h4-6,9,11,13-14,19H,7-8,10,12H2,1-3H3. The monoisotopic (exact) mass is 442 g/mol. The Morgan fingerprint density at radius 1 is 1.09 bits per heavy atom. The number of carbonyl (C=O) groups is 1. The fourth-order valence-electron chi connectivity index (χ4n) is 4.25. The van der Waals surface area contributed by atoms with Gasteiger partial charge in [-0.15, -0.1) is 0 Å². The molecule has 168 valence electrons. The number of amides is 1. The van der Waals surface area contributed by atoms with Gasteiger partial charge < -0.3 is 4.90 Å². The van der Waals surface area contributed by atoms with Crippen LogP contribution in [0.3, 0.4) is 0 Å². The van der Waals surface area contributed by atoms with E-state index in [1.807, 2.05) is 32.0 Å². The number of benzene rings is 1. The molecule has 1 atom stereocenters. The van der Waals surface area contributed by atoms with Gasteiger partial charge in [0.1, 0.15) is 0 Å². The molecule has 32 heavy (non-hydrogen) atoms.